The lowest BCUT2D eigenvalue weighted by Crippen LogP contribution is -2.21. The smallest absolute Gasteiger partial charge is 0.342 e. The average molecular weight is 519 g/mol. The van der Waals surface area contributed by atoms with Crippen molar-refractivity contribution >= 4 is 23.9 Å². The molecule has 1 atom stereocenters. The van der Waals surface area contributed by atoms with Crippen LogP contribution in [0.2, 0.25) is 0 Å². The first kappa shape index (κ1) is 29.9. The molecule has 0 N–H and O–H groups in total. The fraction of sp³-hybridized carbons (Fsp3) is 0.571. The van der Waals surface area contributed by atoms with E-state index in [-0.39, 0.29) is 42.9 Å². The Morgan fingerprint density at radius 3 is 2.46 bits per heavy atom. The van der Waals surface area contributed by atoms with Crippen LogP contribution in [0, 0.1) is 12.8 Å². The lowest BCUT2D eigenvalue weighted by atomic mass is 9.94. The van der Waals surface area contributed by atoms with Crippen LogP contribution in [0.15, 0.2) is 11.6 Å². The summed E-state index contributed by atoms with van der Waals surface area (Å²) in [6, 6.07) is 0. The minimum atomic E-state index is -0.549. The normalized spacial score (nSPS) is 13.5. The molecule has 9 nitrogen and oxygen atoms in total. The average Bonchev–Trinajstić information content (AvgIpc) is 3.27. The fourth-order valence-corrected chi connectivity index (χ4v) is 4.07. The zero-order valence-corrected chi connectivity index (χ0v) is 22.7. The van der Waals surface area contributed by atoms with Crippen molar-refractivity contribution < 1.29 is 42.9 Å². The van der Waals surface area contributed by atoms with E-state index in [0.29, 0.717) is 49.0 Å². The molecule has 0 saturated heterocycles. The van der Waals surface area contributed by atoms with E-state index in [9.17, 15) is 19.2 Å². The number of esters is 4. The van der Waals surface area contributed by atoms with E-state index in [1.165, 1.54) is 14.2 Å². The summed E-state index contributed by atoms with van der Waals surface area (Å²) in [5.41, 5.74) is 3.12. The van der Waals surface area contributed by atoms with Crippen LogP contribution >= 0.6 is 0 Å². The maximum absolute atomic E-state index is 13.0. The summed E-state index contributed by atoms with van der Waals surface area (Å²) in [7, 11) is 2.87. The molecule has 1 aromatic carbocycles. The minimum absolute atomic E-state index is 0.0772. The molecule has 0 aromatic heterocycles. The van der Waals surface area contributed by atoms with Crippen molar-refractivity contribution in [3.05, 3.63) is 33.9 Å². The fourth-order valence-electron chi connectivity index (χ4n) is 4.07. The first-order chi connectivity index (χ1) is 17.6. The Labute approximate surface area is 218 Å². The van der Waals surface area contributed by atoms with Gasteiger partial charge in [0.25, 0.3) is 0 Å². The number of cyclic esters (lactones) is 1. The van der Waals surface area contributed by atoms with Gasteiger partial charge in [0.1, 0.15) is 17.9 Å². The van der Waals surface area contributed by atoms with Crippen LogP contribution in [0.3, 0.4) is 0 Å². The number of rotatable bonds is 14. The third-order valence-electron chi connectivity index (χ3n) is 6.34. The van der Waals surface area contributed by atoms with Crippen LogP contribution in [0.25, 0.3) is 0 Å². The molecular weight excluding hydrogens is 480 g/mol. The van der Waals surface area contributed by atoms with Crippen molar-refractivity contribution in [2.24, 2.45) is 5.92 Å². The van der Waals surface area contributed by atoms with Gasteiger partial charge < -0.3 is 23.7 Å². The minimum Gasteiger partial charge on any atom is -0.496 e. The molecule has 0 aliphatic carbocycles. The number of methoxy groups -OCH3 is 2. The standard InChI is InChI=1S/C28H38O9/c1-7-9-23(30)35-15-8-10-18(3)27(31)37-26-20(13-11-17(2)12-14-22(29)33-5)25(34-6)19(4)21-16-36-28(32)24(21)26/h11,18H,7-10,12-16H2,1-6H3/b17-11+. The van der Waals surface area contributed by atoms with E-state index in [4.69, 9.17) is 23.7 Å². The SMILES string of the molecule is CCCC(=O)OCCCC(C)C(=O)Oc1c(C/C=C(\C)CCC(=O)OC)c(OC)c(C)c2c1C(=O)OC2. The maximum atomic E-state index is 13.0. The van der Waals surface area contributed by atoms with E-state index >= 15 is 0 Å². The summed E-state index contributed by atoms with van der Waals surface area (Å²) in [6.45, 7) is 7.68. The first-order valence-corrected chi connectivity index (χ1v) is 12.6. The molecule has 0 radical (unpaired) electrons. The van der Waals surface area contributed by atoms with Gasteiger partial charge in [-0.05, 0) is 51.5 Å². The summed E-state index contributed by atoms with van der Waals surface area (Å²) in [5.74, 6) is -1.43. The van der Waals surface area contributed by atoms with E-state index in [0.717, 1.165) is 17.6 Å². The number of carbonyl (C=O) groups excluding carboxylic acids is 4. The number of hydrogen-bond acceptors (Lipinski definition) is 9. The highest BCUT2D eigenvalue weighted by atomic mass is 16.6. The second-order valence-corrected chi connectivity index (χ2v) is 9.16. The lowest BCUT2D eigenvalue weighted by molar-refractivity contribution is -0.144. The van der Waals surface area contributed by atoms with Crippen molar-refractivity contribution in [2.75, 3.05) is 20.8 Å². The molecule has 9 heteroatoms. The molecule has 0 fully saturated rings. The van der Waals surface area contributed by atoms with Gasteiger partial charge in [-0.3, -0.25) is 14.4 Å². The molecule has 0 amide bonds. The third-order valence-corrected chi connectivity index (χ3v) is 6.34. The number of hydrogen-bond donors (Lipinski definition) is 0. The first-order valence-electron chi connectivity index (χ1n) is 12.6. The predicted octanol–water partition coefficient (Wildman–Crippen LogP) is 4.78. The van der Waals surface area contributed by atoms with Crippen molar-refractivity contribution in [1.82, 2.24) is 0 Å². The highest BCUT2D eigenvalue weighted by molar-refractivity contribution is 5.99. The molecule has 1 aliphatic rings. The van der Waals surface area contributed by atoms with E-state index in [1.807, 2.05) is 26.8 Å². The molecule has 37 heavy (non-hydrogen) atoms. The molecule has 1 unspecified atom stereocenters. The van der Waals surface area contributed by atoms with Gasteiger partial charge in [-0.1, -0.05) is 25.5 Å². The lowest BCUT2D eigenvalue weighted by Gasteiger charge is -2.20. The summed E-state index contributed by atoms with van der Waals surface area (Å²) in [5, 5.41) is 0. The molecule has 0 bridgehead atoms. The highest BCUT2D eigenvalue weighted by Crippen LogP contribution is 2.43. The van der Waals surface area contributed by atoms with Gasteiger partial charge >= 0.3 is 23.9 Å². The van der Waals surface area contributed by atoms with Crippen LogP contribution in [-0.4, -0.2) is 44.7 Å². The Kier molecular flexibility index (Phi) is 11.6. The maximum Gasteiger partial charge on any atom is 0.342 e. The van der Waals surface area contributed by atoms with Crippen LogP contribution in [0.5, 0.6) is 11.5 Å². The Morgan fingerprint density at radius 1 is 1.08 bits per heavy atom. The van der Waals surface area contributed by atoms with E-state index < -0.39 is 17.9 Å². The van der Waals surface area contributed by atoms with Gasteiger partial charge in [-0.15, -0.1) is 0 Å². The number of allylic oxidation sites excluding steroid dienone is 2. The number of benzene rings is 1. The van der Waals surface area contributed by atoms with Crippen LogP contribution in [-0.2, 0) is 41.6 Å². The van der Waals surface area contributed by atoms with Gasteiger partial charge in [0, 0.05) is 24.0 Å². The number of carbonyl (C=O) groups is 4. The van der Waals surface area contributed by atoms with Gasteiger partial charge in [-0.25, -0.2) is 4.79 Å². The largest absolute Gasteiger partial charge is 0.496 e. The van der Waals surface area contributed by atoms with Crippen LogP contribution < -0.4 is 9.47 Å². The second-order valence-electron chi connectivity index (χ2n) is 9.16. The van der Waals surface area contributed by atoms with E-state index in [1.54, 1.807) is 6.92 Å². The van der Waals surface area contributed by atoms with Crippen LogP contribution in [0.1, 0.15) is 86.3 Å². The molecule has 0 saturated carbocycles. The molecule has 1 heterocycles. The molecule has 1 aliphatic heterocycles. The van der Waals surface area contributed by atoms with E-state index in [2.05, 4.69) is 0 Å². The molecule has 1 aromatic rings. The topological polar surface area (TPSA) is 114 Å². The van der Waals surface area contributed by atoms with Gasteiger partial charge in [-0.2, -0.15) is 0 Å². The quantitative estimate of drug-likeness (QED) is 0.113. The zero-order chi connectivity index (χ0) is 27.5. The summed E-state index contributed by atoms with van der Waals surface area (Å²) in [4.78, 5) is 48.7. The highest BCUT2D eigenvalue weighted by Gasteiger charge is 2.34. The third kappa shape index (κ3) is 8.06. The predicted molar refractivity (Wildman–Crippen MR) is 135 cm³/mol. The monoisotopic (exact) mass is 518 g/mol. The molecule has 2 rings (SSSR count). The Balaban J connectivity index is 2.27. The Morgan fingerprint density at radius 2 is 1.81 bits per heavy atom. The molecule has 204 valence electrons. The Hall–Kier alpha value is -3.36. The van der Waals surface area contributed by atoms with Gasteiger partial charge in [0.15, 0.2) is 5.75 Å². The van der Waals surface area contributed by atoms with Crippen molar-refractivity contribution in [1.29, 1.82) is 0 Å². The zero-order valence-electron chi connectivity index (χ0n) is 22.7. The summed E-state index contributed by atoms with van der Waals surface area (Å²) < 4.78 is 26.7. The van der Waals surface area contributed by atoms with Crippen molar-refractivity contribution in [2.45, 2.75) is 79.2 Å². The summed E-state index contributed by atoms with van der Waals surface area (Å²) >= 11 is 0. The van der Waals surface area contributed by atoms with Crippen molar-refractivity contribution in [3.63, 3.8) is 0 Å². The number of ether oxygens (including phenoxy) is 5. The number of fused-ring (bicyclic) bond motifs is 1. The van der Waals surface area contributed by atoms with Crippen molar-refractivity contribution in [3.8, 4) is 11.5 Å². The second kappa shape index (κ2) is 14.4. The Bertz CT molecular complexity index is 1040. The summed E-state index contributed by atoms with van der Waals surface area (Å²) in [6.07, 6.45) is 5.05. The molecular formula is C28H38O9. The van der Waals surface area contributed by atoms with Gasteiger partial charge in [0.2, 0.25) is 0 Å². The van der Waals surface area contributed by atoms with Gasteiger partial charge in [0.05, 0.1) is 26.7 Å². The molecule has 0 spiro atoms. The van der Waals surface area contributed by atoms with Crippen LogP contribution in [0.4, 0.5) is 0 Å².